The average molecular weight is 423 g/mol. The molecule has 1 amide bonds. The minimum absolute atomic E-state index is 0.000348. The van der Waals surface area contributed by atoms with Crippen molar-refractivity contribution in [1.82, 2.24) is 30.7 Å². The number of amides is 1. The van der Waals surface area contributed by atoms with Crippen LogP contribution >= 0.6 is 0 Å². The van der Waals surface area contributed by atoms with Crippen molar-refractivity contribution in [2.75, 3.05) is 5.73 Å². The van der Waals surface area contributed by atoms with Gasteiger partial charge in [-0.15, -0.1) is 5.10 Å². The van der Waals surface area contributed by atoms with Crippen LogP contribution in [0, 0.1) is 17.0 Å². The fourth-order valence-corrected chi connectivity index (χ4v) is 2.61. The highest BCUT2D eigenvalue weighted by molar-refractivity contribution is 5.94. The predicted octanol–water partition coefficient (Wildman–Crippen LogP) is 1.47. The zero-order chi connectivity index (χ0) is 22.0. The third kappa shape index (κ3) is 3.84. The van der Waals surface area contributed by atoms with E-state index in [-0.39, 0.29) is 23.0 Å². The van der Waals surface area contributed by atoms with E-state index in [1.807, 2.05) is 0 Å². The average Bonchev–Trinajstić information content (AvgIpc) is 3.48. The number of nitrogen functional groups attached to an aromatic ring is 1. The van der Waals surface area contributed by atoms with Crippen molar-refractivity contribution in [3.8, 4) is 17.1 Å². The van der Waals surface area contributed by atoms with Crippen LogP contribution in [0.5, 0.6) is 0 Å². The summed E-state index contributed by atoms with van der Waals surface area (Å²) in [6.45, 7) is 1.59. The van der Waals surface area contributed by atoms with Gasteiger partial charge in [0.05, 0.1) is 16.8 Å². The molecule has 1 aromatic carbocycles. The number of rotatable bonds is 6. The van der Waals surface area contributed by atoms with E-state index >= 15 is 0 Å². The zero-order valence-corrected chi connectivity index (χ0v) is 15.8. The topological polar surface area (TPSA) is 193 Å². The Balaban J connectivity index is 1.43. The third-order valence-corrected chi connectivity index (χ3v) is 4.15. The fraction of sp³-hybridized carbons (Fsp3) is 0.0588. The Bertz CT molecular complexity index is 1290. The molecule has 0 bridgehead atoms. The van der Waals surface area contributed by atoms with Gasteiger partial charge in [-0.3, -0.25) is 14.9 Å². The van der Waals surface area contributed by atoms with Crippen LogP contribution < -0.4 is 11.2 Å². The maximum absolute atomic E-state index is 12.3. The van der Waals surface area contributed by atoms with Gasteiger partial charge in [-0.25, -0.2) is 10.1 Å². The number of anilines is 1. The molecule has 0 saturated heterocycles. The van der Waals surface area contributed by atoms with E-state index in [0.29, 0.717) is 22.8 Å². The summed E-state index contributed by atoms with van der Waals surface area (Å²) in [5.74, 6) is 0.342. The Morgan fingerprint density at radius 1 is 1.26 bits per heavy atom. The van der Waals surface area contributed by atoms with Gasteiger partial charge >= 0.3 is 0 Å². The minimum Gasteiger partial charge on any atom is -0.455 e. The normalized spacial score (nSPS) is 11.1. The molecule has 3 heterocycles. The van der Waals surface area contributed by atoms with Crippen molar-refractivity contribution in [3.05, 3.63) is 63.7 Å². The Morgan fingerprint density at radius 2 is 2.03 bits per heavy atom. The van der Waals surface area contributed by atoms with E-state index in [4.69, 9.17) is 10.2 Å². The highest BCUT2D eigenvalue weighted by atomic mass is 16.6. The predicted molar refractivity (Wildman–Crippen MR) is 104 cm³/mol. The Labute approximate surface area is 172 Å². The van der Waals surface area contributed by atoms with Gasteiger partial charge in [0, 0.05) is 17.7 Å². The number of hydrazone groups is 1. The molecule has 0 atom stereocenters. The van der Waals surface area contributed by atoms with E-state index in [0.717, 1.165) is 0 Å². The van der Waals surface area contributed by atoms with Crippen LogP contribution in [0.2, 0.25) is 0 Å². The van der Waals surface area contributed by atoms with Crippen molar-refractivity contribution >= 4 is 23.6 Å². The van der Waals surface area contributed by atoms with Crippen molar-refractivity contribution in [2.45, 2.75) is 6.92 Å². The Hall–Kier alpha value is -4.88. The quantitative estimate of drug-likeness (QED) is 0.260. The molecule has 156 valence electrons. The number of nitrogens with zero attached hydrogens (tertiary/aromatic N) is 7. The molecule has 14 nitrogen and oxygen atoms in total. The summed E-state index contributed by atoms with van der Waals surface area (Å²) in [6.07, 6.45) is 1.30. The van der Waals surface area contributed by atoms with Gasteiger partial charge in [0.1, 0.15) is 11.5 Å². The maximum Gasteiger partial charge on any atom is 0.293 e. The monoisotopic (exact) mass is 423 g/mol. The second kappa shape index (κ2) is 7.86. The van der Waals surface area contributed by atoms with Crippen LogP contribution in [0.15, 0.2) is 50.5 Å². The van der Waals surface area contributed by atoms with Gasteiger partial charge < -0.3 is 10.2 Å². The Kier molecular flexibility index (Phi) is 4.93. The summed E-state index contributed by atoms with van der Waals surface area (Å²) in [5.41, 5.74) is 8.93. The largest absolute Gasteiger partial charge is 0.455 e. The number of nitrogens with one attached hydrogen (secondary N) is 1. The van der Waals surface area contributed by atoms with E-state index in [1.165, 1.54) is 23.0 Å². The molecule has 0 aliphatic carbocycles. The molecule has 0 spiro atoms. The lowest BCUT2D eigenvalue weighted by molar-refractivity contribution is -0.384. The van der Waals surface area contributed by atoms with Crippen LogP contribution in [0.4, 0.5) is 11.5 Å². The number of carbonyl (C=O) groups is 1. The summed E-state index contributed by atoms with van der Waals surface area (Å²) in [5, 5.41) is 29.2. The number of hydrogen-bond donors (Lipinski definition) is 2. The lowest BCUT2D eigenvalue weighted by Crippen LogP contribution is -2.19. The van der Waals surface area contributed by atoms with Gasteiger partial charge in [0.2, 0.25) is 11.6 Å². The number of carbonyl (C=O) groups excluding carboxylic acids is 1. The van der Waals surface area contributed by atoms with Crippen molar-refractivity contribution in [3.63, 3.8) is 0 Å². The molecule has 4 rings (SSSR count). The molecule has 31 heavy (non-hydrogen) atoms. The summed E-state index contributed by atoms with van der Waals surface area (Å²) >= 11 is 0. The maximum atomic E-state index is 12.3. The summed E-state index contributed by atoms with van der Waals surface area (Å²) in [6, 6.07) is 9.21. The molecule has 4 aromatic rings. The molecule has 0 saturated carbocycles. The number of benzene rings is 1. The molecule has 0 aliphatic rings. The van der Waals surface area contributed by atoms with Crippen LogP contribution in [0.25, 0.3) is 17.1 Å². The van der Waals surface area contributed by atoms with Crippen LogP contribution in [-0.2, 0) is 0 Å². The van der Waals surface area contributed by atoms with Crippen molar-refractivity contribution < 1.29 is 18.8 Å². The molecule has 14 heteroatoms. The molecule has 0 radical (unpaired) electrons. The zero-order valence-electron chi connectivity index (χ0n) is 15.8. The third-order valence-electron chi connectivity index (χ3n) is 4.15. The number of furan rings is 1. The molecular formula is C17H13N9O5. The summed E-state index contributed by atoms with van der Waals surface area (Å²) in [4.78, 5) is 22.6. The van der Waals surface area contributed by atoms with E-state index in [1.54, 1.807) is 31.2 Å². The summed E-state index contributed by atoms with van der Waals surface area (Å²) in [7, 11) is 0. The SMILES string of the molecule is Cc1c(C(=O)N/N=C\c2ccc(-c3ccc([N+](=O)[O-])cc3)o2)nnn1-c1nonc1N. The summed E-state index contributed by atoms with van der Waals surface area (Å²) < 4.78 is 11.3. The number of hydrogen-bond acceptors (Lipinski definition) is 11. The number of nitro groups is 1. The first-order chi connectivity index (χ1) is 14.9. The number of aromatic nitrogens is 5. The van der Waals surface area contributed by atoms with Gasteiger partial charge in [0.25, 0.3) is 11.6 Å². The molecular weight excluding hydrogens is 410 g/mol. The van der Waals surface area contributed by atoms with Gasteiger partial charge in [-0.2, -0.15) is 9.78 Å². The highest BCUT2D eigenvalue weighted by Crippen LogP contribution is 2.24. The first-order valence-electron chi connectivity index (χ1n) is 8.63. The molecule has 3 aromatic heterocycles. The second-order valence-electron chi connectivity index (χ2n) is 6.11. The first-order valence-corrected chi connectivity index (χ1v) is 8.63. The van der Waals surface area contributed by atoms with E-state index in [9.17, 15) is 14.9 Å². The van der Waals surface area contributed by atoms with Crippen LogP contribution in [0.3, 0.4) is 0 Å². The first kappa shape index (κ1) is 19.4. The van der Waals surface area contributed by atoms with Gasteiger partial charge in [-0.05, 0) is 41.5 Å². The number of non-ortho nitro benzene ring substituents is 1. The molecule has 0 fully saturated rings. The van der Waals surface area contributed by atoms with Crippen molar-refractivity contribution in [1.29, 1.82) is 0 Å². The lowest BCUT2D eigenvalue weighted by Gasteiger charge is -1.99. The fourth-order valence-electron chi connectivity index (χ4n) is 2.61. The minimum atomic E-state index is -0.614. The van der Waals surface area contributed by atoms with Crippen molar-refractivity contribution in [2.24, 2.45) is 5.10 Å². The number of nitrogens with two attached hydrogens (primary N) is 1. The molecule has 0 aliphatic heterocycles. The highest BCUT2D eigenvalue weighted by Gasteiger charge is 2.20. The molecule has 3 N–H and O–H groups in total. The van der Waals surface area contributed by atoms with Crippen LogP contribution in [-0.4, -0.2) is 42.4 Å². The number of nitro benzene ring substituents is 1. The lowest BCUT2D eigenvalue weighted by atomic mass is 10.1. The van der Waals surface area contributed by atoms with Gasteiger partial charge in [-0.1, -0.05) is 5.21 Å². The van der Waals surface area contributed by atoms with E-state index < -0.39 is 10.8 Å². The Morgan fingerprint density at radius 3 is 2.71 bits per heavy atom. The smallest absolute Gasteiger partial charge is 0.293 e. The van der Waals surface area contributed by atoms with Gasteiger partial charge in [0.15, 0.2) is 5.69 Å². The van der Waals surface area contributed by atoms with E-state index in [2.05, 4.69) is 35.8 Å². The molecule has 0 unspecified atom stereocenters. The van der Waals surface area contributed by atoms with Crippen LogP contribution in [0.1, 0.15) is 21.9 Å². The standard InChI is InChI=1S/C17H13N9O5/c1-9-14(20-24-25(9)16-15(18)22-31-23-16)17(27)21-19-8-12-6-7-13(30-12)10-2-4-11(5-3-10)26(28)29/h2-8H,1H3,(H2,18,22)(H,21,27)/b19-8-. The second-order valence-corrected chi connectivity index (χ2v) is 6.11.